The first kappa shape index (κ1) is 13.2. The number of aliphatic hydroxyl groups is 1. The van der Waals surface area contributed by atoms with E-state index < -0.39 is 0 Å². The van der Waals surface area contributed by atoms with Crippen LogP contribution >= 0.6 is 0 Å². The number of hydrogen-bond donors (Lipinski definition) is 1. The molecule has 0 saturated heterocycles. The van der Waals surface area contributed by atoms with E-state index in [1.54, 1.807) is 0 Å². The largest absolute Gasteiger partial charge is 0.392 e. The molecule has 0 aliphatic rings. The fourth-order valence-corrected chi connectivity index (χ4v) is 1.67. The minimum Gasteiger partial charge on any atom is -0.392 e. The molecule has 1 aromatic rings. The third-order valence-electron chi connectivity index (χ3n) is 3.81. The first-order chi connectivity index (χ1) is 7.36. The van der Waals surface area contributed by atoms with Gasteiger partial charge >= 0.3 is 0 Å². The van der Waals surface area contributed by atoms with Gasteiger partial charge in [-0.2, -0.15) is 0 Å². The van der Waals surface area contributed by atoms with Crippen molar-refractivity contribution in [2.24, 2.45) is 5.41 Å². The fourth-order valence-electron chi connectivity index (χ4n) is 1.67. The SMILES string of the molecule is CCC(C)(C)C(O)Cc1ccc(C)c(C)c1. The topological polar surface area (TPSA) is 20.2 Å². The van der Waals surface area contributed by atoms with Crippen LogP contribution in [0.3, 0.4) is 0 Å². The van der Waals surface area contributed by atoms with Gasteiger partial charge in [0.25, 0.3) is 0 Å². The zero-order valence-electron chi connectivity index (χ0n) is 11.2. The standard InChI is InChI=1S/C15H24O/c1-6-15(4,5)14(16)10-13-8-7-11(2)12(3)9-13/h7-9,14,16H,6,10H2,1-5H3. The highest BCUT2D eigenvalue weighted by Crippen LogP contribution is 2.27. The van der Waals surface area contributed by atoms with Crippen molar-refractivity contribution < 1.29 is 5.11 Å². The molecule has 0 aliphatic carbocycles. The van der Waals surface area contributed by atoms with Gasteiger partial charge < -0.3 is 5.11 Å². The molecule has 1 rings (SSSR count). The zero-order valence-corrected chi connectivity index (χ0v) is 11.2. The summed E-state index contributed by atoms with van der Waals surface area (Å²) in [6, 6.07) is 6.44. The maximum absolute atomic E-state index is 10.2. The van der Waals surface area contributed by atoms with Crippen LogP contribution in [0.2, 0.25) is 0 Å². The molecular formula is C15H24O. The van der Waals surface area contributed by atoms with Crippen LogP contribution in [0.4, 0.5) is 0 Å². The molecular weight excluding hydrogens is 196 g/mol. The third kappa shape index (κ3) is 3.08. The lowest BCUT2D eigenvalue weighted by Crippen LogP contribution is -2.30. The Hall–Kier alpha value is -0.820. The summed E-state index contributed by atoms with van der Waals surface area (Å²) < 4.78 is 0. The van der Waals surface area contributed by atoms with Crippen molar-refractivity contribution in [2.75, 3.05) is 0 Å². The van der Waals surface area contributed by atoms with E-state index in [4.69, 9.17) is 0 Å². The van der Waals surface area contributed by atoms with E-state index in [0.29, 0.717) is 0 Å². The van der Waals surface area contributed by atoms with Crippen LogP contribution in [0.1, 0.15) is 43.9 Å². The van der Waals surface area contributed by atoms with Crippen molar-refractivity contribution in [3.8, 4) is 0 Å². The summed E-state index contributed by atoms with van der Waals surface area (Å²) in [5, 5.41) is 10.2. The number of aliphatic hydroxyl groups excluding tert-OH is 1. The Morgan fingerprint density at radius 1 is 1.19 bits per heavy atom. The second-order valence-electron chi connectivity index (χ2n) is 5.48. The summed E-state index contributed by atoms with van der Waals surface area (Å²) in [5.74, 6) is 0. The Morgan fingerprint density at radius 2 is 1.81 bits per heavy atom. The van der Waals surface area contributed by atoms with Crippen LogP contribution in [-0.4, -0.2) is 11.2 Å². The second-order valence-corrected chi connectivity index (χ2v) is 5.48. The van der Waals surface area contributed by atoms with Gasteiger partial charge in [0.05, 0.1) is 6.10 Å². The van der Waals surface area contributed by atoms with Gasteiger partial charge in [-0.15, -0.1) is 0 Å². The molecule has 0 aliphatic heterocycles. The van der Waals surface area contributed by atoms with Gasteiger partial charge in [0.15, 0.2) is 0 Å². The maximum atomic E-state index is 10.2. The highest BCUT2D eigenvalue weighted by Gasteiger charge is 2.25. The minimum absolute atomic E-state index is 0.00120. The van der Waals surface area contributed by atoms with Crippen molar-refractivity contribution >= 4 is 0 Å². The summed E-state index contributed by atoms with van der Waals surface area (Å²) in [6.45, 7) is 10.6. The van der Waals surface area contributed by atoms with Gasteiger partial charge in [0.2, 0.25) is 0 Å². The van der Waals surface area contributed by atoms with Gasteiger partial charge in [-0.3, -0.25) is 0 Å². The summed E-state index contributed by atoms with van der Waals surface area (Å²) in [5.41, 5.74) is 3.85. The molecule has 0 radical (unpaired) electrons. The Bertz CT molecular complexity index is 352. The summed E-state index contributed by atoms with van der Waals surface area (Å²) in [6.07, 6.45) is 1.49. The Morgan fingerprint density at radius 3 is 2.31 bits per heavy atom. The van der Waals surface area contributed by atoms with E-state index >= 15 is 0 Å². The molecule has 0 fully saturated rings. The lowest BCUT2D eigenvalue weighted by Gasteiger charge is -2.29. The average Bonchev–Trinajstić information content (AvgIpc) is 2.23. The molecule has 0 spiro atoms. The van der Waals surface area contributed by atoms with Crippen LogP contribution in [0.5, 0.6) is 0 Å². The molecule has 1 atom stereocenters. The normalized spacial score (nSPS) is 13.9. The third-order valence-corrected chi connectivity index (χ3v) is 3.81. The van der Waals surface area contributed by atoms with Crippen molar-refractivity contribution in [3.63, 3.8) is 0 Å². The molecule has 0 amide bonds. The smallest absolute Gasteiger partial charge is 0.0631 e. The van der Waals surface area contributed by atoms with Crippen LogP contribution in [0.15, 0.2) is 18.2 Å². The van der Waals surface area contributed by atoms with Gasteiger partial charge in [0.1, 0.15) is 0 Å². The molecule has 1 heteroatoms. The predicted molar refractivity (Wildman–Crippen MR) is 69.7 cm³/mol. The first-order valence-corrected chi connectivity index (χ1v) is 6.11. The molecule has 16 heavy (non-hydrogen) atoms. The van der Waals surface area contributed by atoms with E-state index in [0.717, 1.165) is 12.8 Å². The highest BCUT2D eigenvalue weighted by molar-refractivity contribution is 5.30. The maximum Gasteiger partial charge on any atom is 0.0631 e. The van der Waals surface area contributed by atoms with Gasteiger partial charge in [-0.1, -0.05) is 39.0 Å². The van der Waals surface area contributed by atoms with Crippen molar-refractivity contribution in [3.05, 3.63) is 34.9 Å². The zero-order chi connectivity index (χ0) is 12.3. The number of rotatable bonds is 4. The van der Waals surface area contributed by atoms with Crippen molar-refractivity contribution in [1.82, 2.24) is 0 Å². The molecule has 0 bridgehead atoms. The van der Waals surface area contributed by atoms with Crippen LogP contribution in [0, 0.1) is 19.3 Å². The fraction of sp³-hybridized carbons (Fsp3) is 0.600. The minimum atomic E-state index is -0.264. The van der Waals surface area contributed by atoms with Crippen molar-refractivity contribution in [2.45, 2.75) is 53.6 Å². The number of benzene rings is 1. The van der Waals surface area contributed by atoms with Gasteiger partial charge in [-0.25, -0.2) is 0 Å². The Labute approximate surface area is 99.5 Å². The molecule has 1 N–H and O–H groups in total. The lowest BCUT2D eigenvalue weighted by atomic mass is 9.81. The molecule has 0 heterocycles. The van der Waals surface area contributed by atoms with E-state index in [-0.39, 0.29) is 11.5 Å². The molecule has 0 saturated carbocycles. The number of aryl methyl sites for hydroxylation is 2. The summed E-state index contributed by atoms with van der Waals surface area (Å²) in [4.78, 5) is 0. The van der Waals surface area contributed by atoms with E-state index in [9.17, 15) is 5.11 Å². The quantitative estimate of drug-likeness (QED) is 0.821. The van der Waals surface area contributed by atoms with Crippen LogP contribution in [0.25, 0.3) is 0 Å². The molecule has 1 aromatic carbocycles. The van der Waals surface area contributed by atoms with Crippen molar-refractivity contribution in [1.29, 1.82) is 0 Å². The molecule has 1 unspecified atom stereocenters. The summed E-state index contributed by atoms with van der Waals surface area (Å²) >= 11 is 0. The summed E-state index contributed by atoms with van der Waals surface area (Å²) in [7, 11) is 0. The predicted octanol–water partition coefficient (Wildman–Crippen LogP) is 3.64. The highest BCUT2D eigenvalue weighted by atomic mass is 16.3. The Balaban J connectivity index is 2.77. The van der Waals surface area contributed by atoms with Crippen LogP contribution < -0.4 is 0 Å². The second kappa shape index (κ2) is 5.01. The molecule has 0 aromatic heterocycles. The monoisotopic (exact) mass is 220 g/mol. The van der Waals surface area contributed by atoms with Gasteiger partial charge in [0, 0.05) is 0 Å². The van der Waals surface area contributed by atoms with Gasteiger partial charge in [-0.05, 0) is 48.8 Å². The van der Waals surface area contributed by atoms with E-state index in [1.807, 2.05) is 0 Å². The molecule has 90 valence electrons. The Kier molecular flexibility index (Phi) is 4.15. The van der Waals surface area contributed by atoms with E-state index in [2.05, 4.69) is 52.8 Å². The van der Waals surface area contributed by atoms with E-state index in [1.165, 1.54) is 16.7 Å². The number of hydrogen-bond acceptors (Lipinski definition) is 1. The average molecular weight is 220 g/mol. The lowest BCUT2D eigenvalue weighted by molar-refractivity contribution is 0.0479. The molecule has 1 nitrogen and oxygen atoms in total. The first-order valence-electron chi connectivity index (χ1n) is 6.11. The van der Waals surface area contributed by atoms with Crippen LogP contribution in [-0.2, 0) is 6.42 Å².